The third-order valence-electron chi connectivity index (χ3n) is 2.97. The van der Waals surface area contributed by atoms with E-state index in [1.54, 1.807) is 17.3 Å². The summed E-state index contributed by atoms with van der Waals surface area (Å²) < 4.78 is 5.46. The van der Waals surface area contributed by atoms with Crippen LogP contribution in [0.3, 0.4) is 0 Å². The van der Waals surface area contributed by atoms with Gasteiger partial charge in [-0.05, 0) is 33.3 Å². The van der Waals surface area contributed by atoms with Crippen molar-refractivity contribution in [3.05, 3.63) is 23.8 Å². The van der Waals surface area contributed by atoms with Gasteiger partial charge in [0.05, 0.1) is 0 Å². The van der Waals surface area contributed by atoms with Crippen molar-refractivity contribution >= 4 is 6.09 Å². The molecule has 0 radical (unpaired) electrons. The Kier molecular flexibility index (Phi) is 4.23. The van der Waals surface area contributed by atoms with Crippen LogP contribution in [0.15, 0.2) is 12.4 Å². The monoisotopic (exact) mass is 278 g/mol. The van der Waals surface area contributed by atoms with Crippen molar-refractivity contribution in [3.63, 3.8) is 0 Å². The molecule has 0 aliphatic carbocycles. The number of amides is 1. The molecule has 1 fully saturated rings. The number of hydrogen-bond acceptors (Lipinski definition) is 5. The molecule has 0 spiro atoms. The highest BCUT2D eigenvalue weighted by atomic mass is 16.6. The molecule has 0 bridgehead atoms. The lowest BCUT2D eigenvalue weighted by Crippen LogP contribution is -2.50. The number of piperazine rings is 1. The first kappa shape index (κ1) is 14.7. The standard InChI is InChI=1S/C14H22N4O2/c1-10-7-16-12(17-8-10)11-9-15-5-6-18(11)13(19)20-14(2,3)4/h7-8,11,15H,5-6,9H2,1-4H3. The van der Waals surface area contributed by atoms with Gasteiger partial charge in [0.25, 0.3) is 0 Å². The summed E-state index contributed by atoms with van der Waals surface area (Å²) in [7, 11) is 0. The van der Waals surface area contributed by atoms with Crippen LogP contribution < -0.4 is 5.32 Å². The molecule has 0 saturated carbocycles. The Morgan fingerprint density at radius 1 is 1.40 bits per heavy atom. The van der Waals surface area contributed by atoms with Crippen molar-refractivity contribution in [2.24, 2.45) is 0 Å². The number of aryl methyl sites for hydroxylation is 1. The maximum absolute atomic E-state index is 12.3. The minimum atomic E-state index is -0.499. The number of nitrogens with one attached hydrogen (secondary N) is 1. The van der Waals surface area contributed by atoms with E-state index in [0.717, 1.165) is 12.1 Å². The van der Waals surface area contributed by atoms with Gasteiger partial charge in [-0.2, -0.15) is 0 Å². The Morgan fingerprint density at radius 2 is 2.05 bits per heavy atom. The van der Waals surface area contributed by atoms with Crippen LogP contribution in [0, 0.1) is 6.92 Å². The summed E-state index contributed by atoms with van der Waals surface area (Å²) >= 11 is 0. The second-order valence-electron chi connectivity index (χ2n) is 6.01. The number of carbonyl (C=O) groups excluding carboxylic acids is 1. The van der Waals surface area contributed by atoms with E-state index in [2.05, 4.69) is 15.3 Å². The van der Waals surface area contributed by atoms with Crippen LogP contribution in [-0.4, -0.2) is 46.2 Å². The van der Waals surface area contributed by atoms with Gasteiger partial charge >= 0.3 is 6.09 Å². The smallest absolute Gasteiger partial charge is 0.411 e. The number of carbonyl (C=O) groups is 1. The predicted octanol–water partition coefficient (Wildman–Crippen LogP) is 1.67. The largest absolute Gasteiger partial charge is 0.444 e. The summed E-state index contributed by atoms with van der Waals surface area (Å²) in [5.41, 5.74) is 0.502. The molecule has 6 heteroatoms. The summed E-state index contributed by atoms with van der Waals surface area (Å²) in [4.78, 5) is 22.6. The highest BCUT2D eigenvalue weighted by molar-refractivity contribution is 5.69. The number of nitrogens with zero attached hydrogens (tertiary/aromatic N) is 3. The highest BCUT2D eigenvalue weighted by Crippen LogP contribution is 2.21. The quantitative estimate of drug-likeness (QED) is 0.846. The van der Waals surface area contributed by atoms with Gasteiger partial charge in [-0.15, -0.1) is 0 Å². The molecule has 6 nitrogen and oxygen atoms in total. The fourth-order valence-corrected chi connectivity index (χ4v) is 2.05. The molecule has 1 atom stereocenters. The minimum Gasteiger partial charge on any atom is -0.444 e. The Balaban J connectivity index is 2.16. The van der Waals surface area contributed by atoms with E-state index >= 15 is 0 Å². The Morgan fingerprint density at radius 3 is 2.65 bits per heavy atom. The third kappa shape index (κ3) is 3.66. The zero-order valence-corrected chi connectivity index (χ0v) is 12.5. The van der Waals surface area contributed by atoms with Gasteiger partial charge in [0.2, 0.25) is 0 Å². The van der Waals surface area contributed by atoms with E-state index in [1.165, 1.54) is 0 Å². The van der Waals surface area contributed by atoms with E-state index in [9.17, 15) is 4.79 Å². The molecule has 1 unspecified atom stereocenters. The van der Waals surface area contributed by atoms with Crippen LogP contribution in [0.5, 0.6) is 0 Å². The van der Waals surface area contributed by atoms with Gasteiger partial charge in [-0.3, -0.25) is 4.90 Å². The molecule has 0 aromatic carbocycles. The average Bonchev–Trinajstić information content (AvgIpc) is 2.38. The first-order valence-corrected chi connectivity index (χ1v) is 6.86. The van der Waals surface area contributed by atoms with Crippen LogP contribution in [0.1, 0.15) is 38.2 Å². The Hall–Kier alpha value is -1.69. The van der Waals surface area contributed by atoms with E-state index in [1.807, 2.05) is 27.7 Å². The average molecular weight is 278 g/mol. The zero-order chi connectivity index (χ0) is 14.8. The van der Waals surface area contributed by atoms with Gasteiger partial charge < -0.3 is 10.1 Å². The van der Waals surface area contributed by atoms with Crippen molar-refractivity contribution in [1.29, 1.82) is 0 Å². The van der Waals surface area contributed by atoms with Crippen LogP contribution in [0.25, 0.3) is 0 Å². The molecule has 1 aromatic heterocycles. The van der Waals surface area contributed by atoms with Crippen LogP contribution in [0.4, 0.5) is 4.79 Å². The molecule has 2 heterocycles. The number of aromatic nitrogens is 2. The number of hydrogen-bond donors (Lipinski definition) is 1. The normalized spacial score (nSPS) is 19.8. The molecule has 1 saturated heterocycles. The van der Waals surface area contributed by atoms with Crippen molar-refractivity contribution < 1.29 is 9.53 Å². The van der Waals surface area contributed by atoms with Crippen LogP contribution in [0.2, 0.25) is 0 Å². The molecule has 1 aliphatic rings. The molecule has 110 valence electrons. The van der Waals surface area contributed by atoms with E-state index < -0.39 is 5.60 Å². The van der Waals surface area contributed by atoms with Crippen LogP contribution >= 0.6 is 0 Å². The zero-order valence-electron chi connectivity index (χ0n) is 12.5. The Labute approximate surface area is 119 Å². The summed E-state index contributed by atoms with van der Waals surface area (Å²) in [6, 6.07) is -0.181. The van der Waals surface area contributed by atoms with Gasteiger partial charge in [0.1, 0.15) is 11.6 Å². The molecule has 1 aromatic rings. The topological polar surface area (TPSA) is 67.4 Å². The number of rotatable bonds is 1. The van der Waals surface area contributed by atoms with Gasteiger partial charge in [0, 0.05) is 32.0 Å². The fraction of sp³-hybridized carbons (Fsp3) is 0.643. The lowest BCUT2D eigenvalue weighted by atomic mass is 10.1. The lowest BCUT2D eigenvalue weighted by Gasteiger charge is -2.36. The minimum absolute atomic E-state index is 0.181. The first-order chi connectivity index (χ1) is 9.37. The van der Waals surface area contributed by atoms with Crippen molar-refractivity contribution in [2.45, 2.75) is 39.3 Å². The SMILES string of the molecule is Cc1cnc(C2CNCCN2C(=O)OC(C)(C)C)nc1. The van der Waals surface area contributed by atoms with Gasteiger partial charge in [-0.25, -0.2) is 14.8 Å². The van der Waals surface area contributed by atoms with Crippen LogP contribution in [-0.2, 0) is 4.74 Å². The second-order valence-corrected chi connectivity index (χ2v) is 6.01. The predicted molar refractivity (Wildman–Crippen MR) is 75.3 cm³/mol. The molecule has 1 N–H and O–H groups in total. The summed E-state index contributed by atoms with van der Waals surface area (Å²) in [5.74, 6) is 0.647. The first-order valence-electron chi connectivity index (χ1n) is 6.86. The van der Waals surface area contributed by atoms with Crippen molar-refractivity contribution in [3.8, 4) is 0 Å². The molecule has 1 amide bonds. The van der Waals surface area contributed by atoms with E-state index in [0.29, 0.717) is 18.9 Å². The molecular weight excluding hydrogens is 256 g/mol. The van der Waals surface area contributed by atoms with E-state index in [4.69, 9.17) is 4.74 Å². The second kappa shape index (κ2) is 5.75. The third-order valence-corrected chi connectivity index (χ3v) is 2.97. The van der Waals surface area contributed by atoms with Crippen molar-refractivity contribution in [2.75, 3.05) is 19.6 Å². The summed E-state index contributed by atoms with van der Waals surface area (Å²) in [6.45, 7) is 9.52. The fourth-order valence-electron chi connectivity index (χ4n) is 2.05. The molecule has 1 aliphatic heterocycles. The summed E-state index contributed by atoms with van der Waals surface area (Å²) in [6.07, 6.45) is 3.22. The maximum atomic E-state index is 12.3. The van der Waals surface area contributed by atoms with Gasteiger partial charge in [0.15, 0.2) is 5.82 Å². The highest BCUT2D eigenvalue weighted by Gasteiger charge is 2.32. The Bertz CT molecular complexity index is 467. The molecular formula is C14H22N4O2. The van der Waals surface area contributed by atoms with E-state index in [-0.39, 0.29) is 12.1 Å². The van der Waals surface area contributed by atoms with Gasteiger partial charge in [-0.1, -0.05) is 0 Å². The van der Waals surface area contributed by atoms with Crippen molar-refractivity contribution in [1.82, 2.24) is 20.2 Å². The maximum Gasteiger partial charge on any atom is 0.411 e. The molecule has 20 heavy (non-hydrogen) atoms. The lowest BCUT2D eigenvalue weighted by molar-refractivity contribution is 0.0108. The number of ether oxygens (including phenoxy) is 1. The summed E-state index contributed by atoms with van der Waals surface area (Å²) in [5, 5.41) is 3.27. The molecule has 2 rings (SSSR count).